The van der Waals surface area contributed by atoms with Gasteiger partial charge in [-0.2, -0.15) is 0 Å². The minimum Gasteiger partial charge on any atom is -0.504 e. The van der Waals surface area contributed by atoms with Gasteiger partial charge in [0, 0.05) is 18.1 Å². The van der Waals surface area contributed by atoms with E-state index in [4.69, 9.17) is 9.84 Å². The van der Waals surface area contributed by atoms with E-state index in [2.05, 4.69) is 0 Å². The highest BCUT2D eigenvalue weighted by molar-refractivity contribution is 5.47. The number of rotatable bonds is 3. The molecule has 1 atom stereocenters. The molecule has 3 nitrogen and oxygen atoms in total. The summed E-state index contributed by atoms with van der Waals surface area (Å²) in [7, 11) is 1.50. The standard InChI is InChI=1S/C10H14O3/c1-7(6-11)8-4-3-5-9(12)10(8)13-2/h3-5,7,11-12H,6H2,1-2H3. The molecule has 0 aliphatic heterocycles. The van der Waals surface area contributed by atoms with Crippen molar-refractivity contribution >= 4 is 0 Å². The summed E-state index contributed by atoms with van der Waals surface area (Å²) in [6.45, 7) is 1.91. The van der Waals surface area contributed by atoms with Gasteiger partial charge in [-0.3, -0.25) is 0 Å². The molecule has 0 amide bonds. The van der Waals surface area contributed by atoms with Crippen molar-refractivity contribution in [2.24, 2.45) is 0 Å². The number of aliphatic hydroxyl groups is 1. The van der Waals surface area contributed by atoms with E-state index in [9.17, 15) is 5.11 Å². The minimum absolute atomic E-state index is 0.0259. The molecule has 0 aliphatic carbocycles. The Morgan fingerprint density at radius 1 is 1.46 bits per heavy atom. The van der Waals surface area contributed by atoms with E-state index in [0.717, 1.165) is 5.56 Å². The first-order chi connectivity index (χ1) is 6.20. The van der Waals surface area contributed by atoms with Crippen LogP contribution in [0.5, 0.6) is 11.5 Å². The first-order valence-corrected chi connectivity index (χ1v) is 4.17. The molecule has 0 aromatic heterocycles. The predicted octanol–water partition coefficient (Wildman–Crippen LogP) is 1.50. The largest absolute Gasteiger partial charge is 0.504 e. The maximum Gasteiger partial charge on any atom is 0.164 e. The van der Waals surface area contributed by atoms with Gasteiger partial charge in [0.1, 0.15) is 0 Å². The van der Waals surface area contributed by atoms with Gasteiger partial charge >= 0.3 is 0 Å². The molecule has 1 unspecified atom stereocenters. The Morgan fingerprint density at radius 2 is 2.15 bits per heavy atom. The highest BCUT2D eigenvalue weighted by Gasteiger charge is 2.12. The fourth-order valence-corrected chi connectivity index (χ4v) is 1.25. The zero-order valence-electron chi connectivity index (χ0n) is 7.82. The molecular weight excluding hydrogens is 168 g/mol. The summed E-state index contributed by atoms with van der Waals surface area (Å²) in [6.07, 6.45) is 0. The van der Waals surface area contributed by atoms with E-state index < -0.39 is 0 Å². The summed E-state index contributed by atoms with van der Waals surface area (Å²) in [5.41, 5.74) is 0.824. The second-order valence-corrected chi connectivity index (χ2v) is 2.98. The zero-order chi connectivity index (χ0) is 9.84. The van der Waals surface area contributed by atoms with Gasteiger partial charge in [0.05, 0.1) is 7.11 Å². The van der Waals surface area contributed by atoms with Gasteiger partial charge in [-0.15, -0.1) is 0 Å². The monoisotopic (exact) mass is 182 g/mol. The third kappa shape index (κ3) is 1.92. The number of benzene rings is 1. The van der Waals surface area contributed by atoms with E-state index in [0.29, 0.717) is 5.75 Å². The number of phenolic OH excluding ortho intramolecular Hbond substituents is 1. The molecule has 0 bridgehead atoms. The lowest BCUT2D eigenvalue weighted by Gasteiger charge is -2.13. The highest BCUT2D eigenvalue weighted by Crippen LogP contribution is 2.34. The molecule has 0 heterocycles. The van der Waals surface area contributed by atoms with Gasteiger partial charge < -0.3 is 14.9 Å². The number of methoxy groups -OCH3 is 1. The zero-order valence-corrected chi connectivity index (χ0v) is 7.82. The Bertz CT molecular complexity index is 283. The van der Waals surface area contributed by atoms with Gasteiger partial charge in [0.2, 0.25) is 0 Å². The summed E-state index contributed by atoms with van der Waals surface area (Å²) in [6, 6.07) is 5.13. The van der Waals surface area contributed by atoms with Gasteiger partial charge in [-0.25, -0.2) is 0 Å². The molecule has 0 fully saturated rings. The summed E-state index contributed by atoms with van der Waals surface area (Å²) in [5.74, 6) is 0.534. The first kappa shape index (κ1) is 9.86. The smallest absolute Gasteiger partial charge is 0.164 e. The van der Waals surface area contributed by atoms with E-state index in [1.807, 2.05) is 13.0 Å². The Balaban J connectivity index is 3.12. The topological polar surface area (TPSA) is 49.7 Å². The van der Waals surface area contributed by atoms with Crippen LogP contribution in [0.3, 0.4) is 0 Å². The minimum atomic E-state index is -0.0259. The summed E-state index contributed by atoms with van der Waals surface area (Å²) < 4.78 is 5.04. The van der Waals surface area contributed by atoms with Crippen LogP contribution in [0.4, 0.5) is 0 Å². The molecule has 13 heavy (non-hydrogen) atoms. The quantitative estimate of drug-likeness (QED) is 0.744. The van der Waals surface area contributed by atoms with E-state index in [1.54, 1.807) is 12.1 Å². The Kier molecular flexibility index (Phi) is 3.14. The van der Waals surface area contributed by atoms with E-state index in [-0.39, 0.29) is 18.3 Å². The molecule has 0 radical (unpaired) electrons. The van der Waals surface area contributed by atoms with Crippen LogP contribution in [0, 0.1) is 0 Å². The van der Waals surface area contributed by atoms with Crippen LogP contribution in [0.25, 0.3) is 0 Å². The van der Waals surface area contributed by atoms with Crippen molar-refractivity contribution in [2.45, 2.75) is 12.8 Å². The van der Waals surface area contributed by atoms with Crippen LogP contribution in [-0.4, -0.2) is 23.9 Å². The molecule has 1 aromatic carbocycles. The molecule has 1 rings (SSSR count). The Hall–Kier alpha value is -1.22. The van der Waals surface area contributed by atoms with Crippen molar-refractivity contribution in [2.75, 3.05) is 13.7 Å². The lowest BCUT2D eigenvalue weighted by Crippen LogP contribution is -2.01. The molecule has 0 aliphatic rings. The van der Waals surface area contributed by atoms with Gasteiger partial charge in [-0.1, -0.05) is 19.1 Å². The molecule has 1 aromatic rings. The molecule has 3 heteroatoms. The second kappa shape index (κ2) is 4.14. The van der Waals surface area contributed by atoms with Crippen molar-refractivity contribution in [3.8, 4) is 11.5 Å². The number of hydrogen-bond acceptors (Lipinski definition) is 3. The number of phenols is 1. The highest BCUT2D eigenvalue weighted by atomic mass is 16.5. The third-order valence-electron chi connectivity index (χ3n) is 2.03. The van der Waals surface area contributed by atoms with Crippen LogP contribution >= 0.6 is 0 Å². The molecule has 0 saturated heterocycles. The van der Waals surface area contributed by atoms with Crippen molar-refractivity contribution < 1.29 is 14.9 Å². The van der Waals surface area contributed by atoms with E-state index >= 15 is 0 Å². The number of hydrogen-bond donors (Lipinski definition) is 2. The number of aromatic hydroxyl groups is 1. The molecule has 0 spiro atoms. The maximum atomic E-state index is 9.43. The fraction of sp³-hybridized carbons (Fsp3) is 0.400. The molecular formula is C10H14O3. The lowest BCUT2D eigenvalue weighted by molar-refractivity contribution is 0.268. The van der Waals surface area contributed by atoms with Crippen molar-refractivity contribution in [1.29, 1.82) is 0 Å². The average Bonchev–Trinajstić information content (AvgIpc) is 2.16. The molecule has 72 valence electrons. The van der Waals surface area contributed by atoms with Crippen LogP contribution in [0.2, 0.25) is 0 Å². The lowest BCUT2D eigenvalue weighted by atomic mass is 10.0. The summed E-state index contributed by atoms with van der Waals surface area (Å²) in [5, 5.41) is 18.4. The van der Waals surface area contributed by atoms with Gasteiger partial charge in [0.25, 0.3) is 0 Å². The van der Waals surface area contributed by atoms with Gasteiger partial charge in [0.15, 0.2) is 11.5 Å². The van der Waals surface area contributed by atoms with E-state index in [1.165, 1.54) is 7.11 Å². The second-order valence-electron chi connectivity index (χ2n) is 2.98. The first-order valence-electron chi connectivity index (χ1n) is 4.17. The van der Waals surface area contributed by atoms with Crippen molar-refractivity contribution in [3.63, 3.8) is 0 Å². The van der Waals surface area contributed by atoms with Crippen molar-refractivity contribution in [1.82, 2.24) is 0 Å². The van der Waals surface area contributed by atoms with Crippen LogP contribution in [0.1, 0.15) is 18.4 Å². The Morgan fingerprint density at radius 3 is 2.69 bits per heavy atom. The SMILES string of the molecule is COc1c(O)cccc1C(C)CO. The molecule has 0 saturated carbocycles. The Labute approximate surface area is 77.6 Å². The van der Waals surface area contributed by atoms with Crippen LogP contribution in [-0.2, 0) is 0 Å². The van der Waals surface area contributed by atoms with Gasteiger partial charge in [-0.05, 0) is 6.07 Å². The number of para-hydroxylation sites is 1. The third-order valence-corrected chi connectivity index (χ3v) is 2.03. The summed E-state index contributed by atoms with van der Waals surface area (Å²) >= 11 is 0. The molecule has 2 N–H and O–H groups in total. The fourth-order valence-electron chi connectivity index (χ4n) is 1.25. The van der Waals surface area contributed by atoms with Crippen LogP contribution < -0.4 is 4.74 Å². The van der Waals surface area contributed by atoms with Crippen molar-refractivity contribution in [3.05, 3.63) is 23.8 Å². The number of ether oxygens (including phenoxy) is 1. The summed E-state index contributed by atoms with van der Waals surface area (Å²) in [4.78, 5) is 0. The normalized spacial score (nSPS) is 12.5. The van der Waals surface area contributed by atoms with Crippen LogP contribution in [0.15, 0.2) is 18.2 Å². The predicted molar refractivity (Wildman–Crippen MR) is 50.2 cm³/mol. The maximum absolute atomic E-state index is 9.43. The average molecular weight is 182 g/mol. The number of aliphatic hydroxyl groups excluding tert-OH is 1.